The highest BCUT2D eigenvalue weighted by molar-refractivity contribution is 9.08. The Labute approximate surface area is 146 Å². The zero-order valence-electron chi connectivity index (χ0n) is 13.6. The number of nitrogens with zero attached hydrogens (tertiary/aromatic N) is 3. The number of halogens is 1. The molecule has 0 amide bonds. The van der Waals surface area contributed by atoms with Crippen molar-refractivity contribution in [3.8, 4) is 11.3 Å². The maximum Gasteiger partial charge on any atom is 0.239 e. The molecule has 0 bridgehead atoms. The first-order valence-electron chi connectivity index (χ1n) is 7.21. The van der Waals surface area contributed by atoms with Crippen LogP contribution in [0.4, 0.5) is 5.95 Å². The third-order valence-corrected chi connectivity index (χ3v) is 5.25. The Balaban J connectivity index is 2.76. The highest BCUT2D eigenvalue weighted by Crippen LogP contribution is 2.31. The van der Waals surface area contributed by atoms with Gasteiger partial charge in [-0.3, -0.25) is 0 Å². The van der Waals surface area contributed by atoms with Crippen molar-refractivity contribution in [2.24, 2.45) is 0 Å². The van der Waals surface area contributed by atoms with Gasteiger partial charge in [0.1, 0.15) is 0 Å². The molecule has 0 spiro atoms. The van der Waals surface area contributed by atoms with Crippen molar-refractivity contribution in [2.75, 3.05) is 17.6 Å². The van der Waals surface area contributed by atoms with Crippen LogP contribution in [0.5, 0.6) is 0 Å². The molecule has 124 valence electrons. The maximum absolute atomic E-state index is 11.9. The van der Waals surface area contributed by atoms with Gasteiger partial charge in [0.05, 0.1) is 17.6 Å². The first-order chi connectivity index (χ1) is 10.8. The predicted octanol–water partition coefficient (Wildman–Crippen LogP) is 3.56. The Morgan fingerprint density at radius 1 is 1.17 bits per heavy atom. The Morgan fingerprint density at radius 3 is 2.26 bits per heavy atom. The van der Waals surface area contributed by atoms with Crippen molar-refractivity contribution in [3.05, 3.63) is 41.6 Å². The second kappa shape index (κ2) is 6.97. The standard InChI is InChI=1S/C16H20BrN3O2S/c1-11(2)14-13(10-17)15(12-8-6-5-7-9-12)19-16(18-14)20(3)23(4,21)22/h5-9,11H,10H2,1-4H3. The van der Waals surface area contributed by atoms with Crippen molar-refractivity contribution in [1.82, 2.24) is 9.97 Å². The van der Waals surface area contributed by atoms with Crippen LogP contribution >= 0.6 is 15.9 Å². The number of sulfonamides is 1. The van der Waals surface area contributed by atoms with E-state index in [-0.39, 0.29) is 11.9 Å². The summed E-state index contributed by atoms with van der Waals surface area (Å²) in [4.78, 5) is 9.03. The Bertz CT molecular complexity index is 792. The molecule has 0 N–H and O–H groups in total. The van der Waals surface area contributed by atoms with Gasteiger partial charge in [0.25, 0.3) is 0 Å². The first-order valence-corrected chi connectivity index (χ1v) is 10.2. The number of alkyl halides is 1. The minimum absolute atomic E-state index is 0.153. The molecule has 23 heavy (non-hydrogen) atoms. The lowest BCUT2D eigenvalue weighted by molar-refractivity contribution is 0.599. The van der Waals surface area contributed by atoms with Gasteiger partial charge in [0, 0.05) is 23.5 Å². The summed E-state index contributed by atoms with van der Waals surface area (Å²) >= 11 is 3.51. The van der Waals surface area contributed by atoms with Crippen molar-refractivity contribution in [1.29, 1.82) is 0 Å². The molecule has 5 nitrogen and oxygen atoms in total. The van der Waals surface area contributed by atoms with Crippen LogP contribution in [-0.2, 0) is 15.4 Å². The molecule has 2 rings (SSSR count). The van der Waals surface area contributed by atoms with Gasteiger partial charge in [0.2, 0.25) is 16.0 Å². The van der Waals surface area contributed by atoms with Crippen LogP contribution in [0.1, 0.15) is 31.0 Å². The summed E-state index contributed by atoms with van der Waals surface area (Å²) in [5, 5.41) is 0.605. The first kappa shape index (κ1) is 17.9. The Hall–Kier alpha value is -1.47. The summed E-state index contributed by atoms with van der Waals surface area (Å²) in [5.41, 5.74) is 3.53. The smallest absolute Gasteiger partial charge is 0.239 e. The summed E-state index contributed by atoms with van der Waals surface area (Å²) in [6.45, 7) is 4.07. The molecule has 1 aromatic heterocycles. The van der Waals surface area contributed by atoms with Crippen molar-refractivity contribution >= 4 is 31.9 Å². The van der Waals surface area contributed by atoms with Crippen LogP contribution in [0.3, 0.4) is 0 Å². The second-order valence-corrected chi connectivity index (χ2v) is 8.20. The minimum Gasteiger partial charge on any atom is -0.241 e. The van der Waals surface area contributed by atoms with E-state index in [4.69, 9.17) is 0 Å². The fraction of sp³-hybridized carbons (Fsp3) is 0.375. The summed E-state index contributed by atoms with van der Waals surface area (Å²) in [5.74, 6) is 0.347. The Morgan fingerprint density at radius 2 is 1.78 bits per heavy atom. The number of hydrogen-bond donors (Lipinski definition) is 0. The zero-order valence-corrected chi connectivity index (χ0v) is 16.0. The summed E-state index contributed by atoms with van der Waals surface area (Å²) in [7, 11) is -1.95. The molecular formula is C16H20BrN3O2S. The fourth-order valence-corrected chi connectivity index (χ4v) is 3.15. The molecule has 0 fully saturated rings. The number of rotatable bonds is 5. The lowest BCUT2D eigenvalue weighted by atomic mass is 10.00. The largest absolute Gasteiger partial charge is 0.241 e. The third-order valence-electron chi connectivity index (χ3n) is 3.53. The lowest BCUT2D eigenvalue weighted by Gasteiger charge is -2.20. The van der Waals surface area contributed by atoms with E-state index in [0.29, 0.717) is 5.33 Å². The average molecular weight is 398 g/mol. The lowest BCUT2D eigenvalue weighted by Crippen LogP contribution is -2.27. The van der Waals surface area contributed by atoms with Crippen molar-refractivity contribution in [3.63, 3.8) is 0 Å². The summed E-state index contributed by atoms with van der Waals surface area (Å²) in [6.07, 6.45) is 1.14. The molecule has 0 saturated heterocycles. The molecule has 1 aromatic carbocycles. The normalized spacial score (nSPS) is 11.7. The van der Waals surface area contributed by atoms with Crippen LogP contribution in [-0.4, -0.2) is 31.7 Å². The molecule has 0 aliphatic carbocycles. The van der Waals surface area contributed by atoms with E-state index in [9.17, 15) is 8.42 Å². The van der Waals surface area contributed by atoms with E-state index in [1.807, 2.05) is 44.2 Å². The van der Waals surface area contributed by atoms with Gasteiger partial charge in [-0.1, -0.05) is 60.1 Å². The van der Waals surface area contributed by atoms with Crippen LogP contribution < -0.4 is 4.31 Å². The predicted molar refractivity (Wildman–Crippen MR) is 97.4 cm³/mol. The molecule has 0 atom stereocenters. The average Bonchev–Trinajstić information content (AvgIpc) is 2.52. The number of anilines is 1. The quantitative estimate of drug-likeness (QED) is 0.723. The molecule has 0 aliphatic rings. The van der Waals surface area contributed by atoms with Crippen LogP contribution in [0, 0.1) is 0 Å². The monoisotopic (exact) mass is 397 g/mol. The number of benzene rings is 1. The van der Waals surface area contributed by atoms with Gasteiger partial charge in [-0.15, -0.1) is 0 Å². The molecule has 0 radical (unpaired) electrons. The van der Waals surface area contributed by atoms with Crippen LogP contribution in [0.15, 0.2) is 30.3 Å². The van der Waals surface area contributed by atoms with E-state index >= 15 is 0 Å². The van der Waals surface area contributed by atoms with Crippen LogP contribution in [0.25, 0.3) is 11.3 Å². The van der Waals surface area contributed by atoms with E-state index in [2.05, 4.69) is 25.9 Å². The zero-order chi connectivity index (χ0) is 17.2. The number of hydrogen-bond acceptors (Lipinski definition) is 4. The van der Waals surface area contributed by atoms with Crippen molar-refractivity contribution < 1.29 is 8.42 Å². The van der Waals surface area contributed by atoms with Crippen molar-refractivity contribution in [2.45, 2.75) is 25.1 Å². The molecule has 7 heteroatoms. The molecule has 1 heterocycles. The van der Waals surface area contributed by atoms with Gasteiger partial charge >= 0.3 is 0 Å². The van der Waals surface area contributed by atoms with E-state index in [1.54, 1.807) is 0 Å². The van der Waals surface area contributed by atoms with Crippen LogP contribution in [0.2, 0.25) is 0 Å². The van der Waals surface area contributed by atoms with Gasteiger partial charge in [0.15, 0.2) is 0 Å². The maximum atomic E-state index is 11.9. The Kier molecular flexibility index (Phi) is 5.41. The molecule has 0 unspecified atom stereocenters. The third kappa shape index (κ3) is 3.90. The fourth-order valence-electron chi connectivity index (χ4n) is 2.22. The second-order valence-electron chi connectivity index (χ2n) is 5.62. The summed E-state index contributed by atoms with van der Waals surface area (Å²) < 4.78 is 24.8. The molecular weight excluding hydrogens is 378 g/mol. The SMILES string of the molecule is CC(C)c1nc(N(C)S(C)(=O)=O)nc(-c2ccccc2)c1CBr. The van der Waals surface area contributed by atoms with E-state index in [1.165, 1.54) is 7.05 Å². The summed E-state index contributed by atoms with van der Waals surface area (Å²) in [6, 6.07) is 9.73. The van der Waals surface area contributed by atoms with Gasteiger partial charge in [-0.25, -0.2) is 22.7 Å². The minimum atomic E-state index is -3.42. The topological polar surface area (TPSA) is 63.2 Å². The van der Waals surface area contributed by atoms with Gasteiger partial charge in [-0.2, -0.15) is 0 Å². The van der Waals surface area contributed by atoms with Gasteiger partial charge in [-0.05, 0) is 5.92 Å². The highest BCUT2D eigenvalue weighted by Gasteiger charge is 2.22. The molecule has 2 aromatic rings. The van der Waals surface area contributed by atoms with E-state index < -0.39 is 10.0 Å². The van der Waals surface area contributed by atoms with Gasteiger partial charge < -0.3 is 0 Å². The van der Waals surface area contributed by atoms with E-state index in [0.717, 1.165) is 33.1 Å². The number of aromatic nitrogens is 2. The highest BCUT2D eigenvalue weighted by atomic mass is 79.9. The molecule has 0 aliphatic heterocycles. The molecule has 0 saturated carbocycles.